The summed E-state index contributed by atoms with van der Waals surface area (Å²) in [5.74, 6) is -0.776. The molecule has 2 amide bonds. The highest BCUT2D eigenvalue weighted by molar-refractivity contribution is 6.21. The van der Waals surface area contributed by atoms with Crippen molar-refractivity contribution in [3.8, 4) is 5.75 Å². The standard InChI is InChI=1S/C18H17N3O5/c1-12-8-9-15(16(19-12)21(24)25)26-11-5-4-10-20-17(22)13-6-2-3-7-14(13)18(20)23/h2-3,6-9H,4-5,10-11H2,1H3. The van der Waals surface area contributed by atoms with Crippen molar-refractivity contribution in [2.45, 2.75) is 19.8 Å². The van der Waals surface area contributed by atoms with Crippen LogP contribution in [0.25, 0.3) is 0 Å². The first kappa shape index (κ1) is 17.5. The molecule has 134 valence electrons. The minimum absolute atomic E-state index is 0.112. The van der Waals surface area contributed by atoms with Crippen molar-refractivity contribution in [1.29, 1.82) is 0 Å². The second kappa shape index (κ2) is 7.30. The summed E-state index contributed by atoms with van der Waals surface area (Å²) in [5, 5.41) is 11.0. The molecular weight excluding hydrogens is 338 g/mol. The number of carbonyl (C=O) groups is 2. The lowest BCUT2D eigenvalue weighted by Crippen LogP contribution is -2.30. The van der Waals surface area contributed by atoms with E-state index in [1.165, 1.54) is 11.0 Å². The van der Waals surface area contributed by atoms with Gasteiger partial charge in [0, 0.05) is 13.5 Å². The van der Waals surface area contributed by atoms with E-state index in [4.69, 9.17) is 4.74 Å². The van der Waals surface area contributed by atoms with Gasteiger partial charge >= 0.3 is 5.82 Å². The molecule has 2 heterocycles. The molecule has 0 bridgehead atoms. The molecule has 26 heavy (non-hydrogen) atoms. The van der Waals surface area contributed by atoms with Gasteiger partial charge in [-0.2, -0.15) is 0 Å². The van der Waals surface area contributed by atoms with Crippen molar-refractivity contribution in [2.75, 3.05) is 13.2 Å². The Labute approximate surface area is 149 Å². The molecule has 1 aromatic heterocycles. The third-order valence-electron chi connectivity index (χ3n) is 4.06. The highest BCUT2D eigenvalue weighted by atomic mass is 16.6. The van der Waals surface area contributed by atoms with Gasteiger partial charge in [-0.1, -0.05) is 12.1 Å². The van der Waals surface area contributed by atoms with Gasteiger partial charge in [-0.05, 0) is 47.0 Å². The number of ether oxygens (including phenoxy) is 1. The van der Waals surface area contributed by atoms with Gasteiger partial charge in [0.15, 0.2) is 0 Å². The first-order valence-corrected chi connectivity index (χ1v) is 8.19. The molecule has 0 saturated carbocycles. The molecule has 0 spiro atoms. The molecule has 8 heteroatoms. The van der Waals surface area contributed by atoms with Crippen molar-refractivity contribution in [3.63, 3.8) is 0 Å². The lowest BCUT2D eigenvalue weighted by molar-refractivity contribution is -0.390. The molecule has 0 aliphatic carbocycles. The Bertz CT molecular complexity index is 846. The summed E-state index contributed by atoms with van der Waals surface area (Å²) in [6, 6.07) is 9.89. The number of benzene rings is 1. The summed E-state index contributed by atoms with van der Waals surface area (Å²) < 4.78 is 5.44. The van der Waals surface area contributed by atoms with Gasteiger partial charge in [-0.3, -0.25) is 14.5 Å². The maximum Gasteiger partial charge on any atom is 0.406 e. The monoisotopic (exact) mass is 355 g/mol. The number of carbonyl (C=O) groups excluding carboxylic acids is 2. The van der Waals surface area contributed by atoms with Gasteiger partial charge in [0.1, 0.15) is 5.69 Å². The van der Waals surface area contributed by atoms with Gasteiger partial charge in [-0.25, -0.2) is 0 Å². The number of fused-ring (bicyclic) bond motifs is 1. The summed E-state index contributed by atoms with van der Waals surface area (Å²) in [6.07, 6.45) is 1.08. The van der Waals surface area contributed by atoms with Gasteiger partial charge in [-0.15, -0.1) is 0 Å². The van der Waals surface area contributed by atoms with E-state index in [1.807, 2.05) is 0 Å². The van der Waals surface area contributed by atoms with Crippen molar-refractivity contribution >= 4 is 17.6 Å². The smallest absolute Gasteiger partial charge is 0.406 e. The molecule has 0 saturated heterocycles. The SMILES string of the molecule is Cc1ccc(OCCCCN2C(=O)c3ccccc3C2=O)c([N+](=O)[O-])n1. The zero-order valence-corrected chi connectivity index (χ0v) is 14.2. The van der Waals surface area contributed by atoms with Crippen LogP contribution in [0.15, 0.2) is 36.4 Å². The van der Waals surface area contributed by atoms with E-state index in [0.717, 1.165) is 0 Å². The first-order valence-electron chi connectivity index (χ1n) is 8.19. The topological polar surface area (TPSA) is 103 Å². The quantitative estimate of drug-likeness (QED) is 0.327. The Morgan fingerprint density at radius 1 is 1.08 bits per heavy atom. The summed E-state index contributed by atoms with van der Waals surface area (Å²) >= 11 is 0. The van der Waals surface area contributed by atoms with E-state index in [-0.39, 0.29) is 36.5 Å². The van der Waals surface area contributed by atoms with Crippen LogP contribution in [-0.2, 0) is 0 Å². The van der Waals surface area contributed by atoms with Crippen LogP contribution in [-0.4, -0.2) is 39.8 Å². The number of hydrogen-bond acceptors (Lipinski definition) is 6. The van der Waals surface area contributed by atoms with E-state index in [2.05, 4.69) is 4.98 Å². The molecular formula is C18H17N3O5. The van der Waals surface area contributed by atoms with Crippen LogP contribution in [0.4, 0.5) is 5.82 Å². The Morgan fingerprint density at radius 2 is 1.73 bits per heavy atom. The molecule has 8 nitrogen and oxygen atoms in total. The zero-order chi connectivity index (χ0) is 18.7. The number of pyridine rings is 1. The largest absolute Gasteiger partial charge is 0.486 e. The van der Waals surface area contributed by atoms with E-state index in [9.17, 15) is 19.7 Å². The average molecular weight is 355 g/mol. The lowest BCUT2D eigenvalue weighted by Gasteiger charge is -2.13. The lowest BCUT2D eigenvalue weighted by atomic mass is 10.1. The number of rotatable bonds is 7. The molecule has 0 atom stereocenters. The molecule has 0 radical (unpaired) electrons. The zero-order valence-electron chi connectivity index (χ0n) is 14.2. The van der Waals surface area contributed by atoms with E-state index in [1.54, 1.807) is 37.3 Å². The van der Waals surface area contributed by atoms with Crippen molar-refractivity contribution in [3.05, 3.63) is 63.3 Å². The van der Waals surface area contributed by atoms with Crippen LogP contribution in [0.1, 0.15) is 39.3 Å². The van der Waals surface area contributed by atoms with Crippen LogP contribution in [0.2, 0.25) is 0 Å². The number of nitro groups is 1. The van der Waals surface area contributed by atoms with Crippen LogP contribution in [0.5, 0.6) is 5.75 Å². The second-order valence-corrected chi connectivity index (χ2v) is 5.89. The van der Waals surface area contributed by atoms with E-state index in [0.29, 0.717) is 29.7 Å². The first-order chi connectivity index (χ1) is 12.5. The van der Waals surface area contributed by atoms with Gasteiger partial charge in [0.2, 0.25) is 5.75 Å². The number of nitrogens with zero attached hydrogens (tertiary/aromatic N) is 3. The van der Waals surface area contributed by atoms with Crippen molar-refractivity contribution < 1.29 is 19.2 Å². The predicted octanol–water partition coefficient (Wildman–Crippen LogP) is 2.75. The number of aryl methyl sites for hydroxylation is 1. The van der Waals surface area contributed by atoms with Crippen LogP contribution in [0.3, 0.4) is 0 Å². The average Bonchev–Trinajstić information content (AvgIpc) is 2.87. The summed E-state index contributed by atoms with van der Waals surface area (Å²) in [7, 11) is 0. The fraction of sp³-hybridized carbons (Fsp3) is 0.278. The number of imide groups is 1. The van der Waals surface area contributed by atoms with Crippen molar-refractivity contribution in [2.24, 2.45) is 0 Å². The molecule has 0 unspecified atom stereocenters. The Hall–Kier alpha value is -3.29. The number of aromatic nitrogens is 1. The molecule has 3 rings (SSSR count). The van der Waals surface area contributed by atoms with Crippen LogP contribution < -0.4 is 4.74 Å². The molecule has 0 N–H and O–H groups in total. The molecule has 1 aliphatic rings. The second-order valence-electron chi connectivity index (χ2n) is 5.89. The molecule has 0 fully saturated rings. The highest BCUT2D eigenvalue weighted by Gasteiger charge is 2.34. The maximum atomic E-state index is 12.2. The minimum Gasteiger partial charge on any atom is -0.486 e. The number of unbranched alkanes of at least 4 members (excludes halogenated alkanes) is 1. The molecule has 2 aromatic rings. The summed E-state index contributed by atoms with van der Waals surface area (Å²) in [5.41, 5.74) is 1.39. The van der Waals surface area contributed by atoms with Crippen LogP contribution in [0, 0.1) is 17.0 Å². The Kier molecular flexibility index (Phi) is 4.92. The molecule has 1 aromatic carbocycles. The highest BCUT2D eigenvalue weighted by Crippen LogP contribution is 2.25. The third kappa shape index (κ3) is 3.39. The third-order valence-corrected chi connectivity index (χ3v) is 4.06. The predicted molar refractivity (Wildman–Crippen MR) is 92.2 cm³/mol. The van der Waals surface area contributed by atoms with E-state index < -0.39 is 4.92 Å². The minimum atomic E-state index is -0.582. The fourth-order valence-corrected chi connectivity index (χ4v) is 2.77. The maximum absolute atomic E-state index is 12.2. The normalized spacial score (nSPS) is 13.0. The number of amides is 2. The summed E-state index contributed by atoms with van der Waals surface area (Å²) in [4.78, 5) is 40.0. The van der Waals surface area contributed by atoms with E-state index >= 15 is 0 Å². The fourth-order valence-electron chi connectivity index (χ4n) is 2.77. The van der Waals surface area contributed by atoms with Gasteiger partial charge in [0.05, 0.1) is 17.7 Å². The Balaban J connectivity index is 1.51. The number of hydrogen-bond donors (Lipinski definition) is 0. The summed E-state index contributed by atoms with van der Waals surface area (Å²) in [6.45, 7) is 2.18. The van der Waals surface area contributed by atoms with Crippen molar-refractivity contribution in [1.82, 2.24) is 9.88 Å². The van der Waals surface area contributed by atoms with Gasteiger partial charge < -0.3 is 14.9 Å². The van der Waals surface area contributed by atoms with Crippen LogP contribution >= 0.6 is 0 Å². The Morgan fingerprint density at radius 3 is 2.35 bits per heavy atom. The molecule has 1 aliphatic heterocycles. The van der Waals surface area contributed by atoms with Gasteiger partial charge in [0.25, 0.3) is 11.8 Å².